The molecule has 0 bridgehead atoms. The van der Waals surface area contributed by atoms with Crippen LogP contribution < -0.4 is 15.4 Å². The van der Waals surface area contributed by atoms with Gasteiger partial charge in [0, 0.05) is 34.6 Å². The minimum absolute atomic E-state index is 0.289. The van der Waals surface area contributed by atoms with Crippen LogP contribution in [-0.2, 0) is 16.0 Å². The number of benzene rings is 2. The van der Waals surface area contributed by atoms with Gasteiger partial charge in [0.05, 0.1) is 12.8 Å². The lowest BCUT2D eigenvalue weighted by molar-refractivity contribution is -0.136. The fraction of sp³-hybridized carbons (Fsp3) is 0.143. The number of nitrogens with zero attached hydrogens (tertiary/aromatic N) is 3. The van der Waals surface area contributed by atoms with Crippen molar-refractivity contribution >= 4 is 45.4 Å². The summed E-state index contributed by atoms with van der Waals surface area (Å²) in [5.41, 5.74) is 2.27. The number of hydrogen-bond acceptors (Lipinski definition) is 6. The van der Waals surface area contributed by atoms with Gasteiger partial charge in [0.25, 0.3) is 0 Å². The van der Waals surface area contributed by atoms with Crippen LogP contribution in [0.15, 0.2) is 53.9 Å². The minimum Gasteiger partial charge on any atom is -0.497 e. The van der Waals surface area contributed by atoms with E-state index >= 15 is 0 Å². The Bertz CT molecular complexity index is 1220. The number of amides is 2. The first kappa shape index (κ1) is 20.8. The third kappa shape index (κ3) is 4.84. The Hall–Kier alpha value is -3.43. The van der Waals surface area contributed by atoms with Crippen LogP contribution in [0, 0.1) is 0 Å². The van der Waals surface area contributed by atoms with Gasteiger partial charge in [-0.25, -0.2) is 4.52 Å². The van der Waals surface area contributed by atoms with Crippen molar-refractivity contribution < 1.29 is 14.3 Å². The summed E-state index contributed by atoms with van der Waals surface area (Å²) in [5.74, 6) is -0.168. The molecule has 0 spiro atoms. The molecule has 0 unspecified atom stereocenters. The van der Waals surface area contributed by atoms with Crippen molar-refractivity contribution in [3.8, 4) is 17.1 Å². The standard InChI is InChI=1S/C21H18ClN5O3S/c1-30-17-8-6-15(7-9-17)24-20(29)19(28)23-11-10-16-12-31-21-25-18(26-27(16)21)13-2-4-14(22)5-3-13/h2-9,12H,10-11H2,1H3,(H,23,28)(H,24,29). The van der Waals surface area contributed by atoms with Crippen molar-refractivity contribution in [2.24, 2.45) is 0 Å². The molecule has 4 rings (SSSR count). The fourth-order valence-electron chi connectivity index (χ4n) is 2.86. The smallest absolute Gasteiger partial charge is 0.313 e. The van der Waals surface area contributed by atoms with Gasteiger partial charge in [-0.05, 0) is 48.5 Å². The lowest BCUT2D eigenvalue weighted by Gasteiger charge is -2.07. The minimum atomic E-state index is -0.730. The van der Waals surface area contributed by atoms with E-state index in [0.717, 1.165) is 16.2 Å². The average molecular weight is 456 g/mol. The van der Waals surface area contributed by atoms with Crippen molar-refractivity contribution in [2.45, 2.75) is 6.42 Å². The first-order valence-electron chi connectivity index (χ1n) is 9.36. The Labute approximate surface area is 186 Å². The van der Waals surface area contributed by atoms with Crippen LogP contribution in [-0.4, -0.2) is 40.1 Å². The Kier molecular flexibility index (Phi) is 6.15. The number of rotatable bonds is 6. The van der Waals surface area contributed by atoms with E-state index < -0.39 is 11.8 Å². The summed E-state index contributed by atoms with van der Waals surface area (Å²) in [6, 6.07) is 14.0. The summed E-state index contributed by atoms with van der Waals surface area (Å²) in [6.07, 6.45) is 0.505. The lowest BCUT2D eigenvalue weighted by atomic mass is 10.2. The number of hydrogen-bond donors (Lipinski definition) is 2. The first-order chi connectivity index (χ1) is 15.0. The van der Waals surface area contributed by atoms with Crippen LogP contribution in [0.25, 0.3) is 16.3 Å². The molecular formula is C21H18ClN5O3S. The zero-order chi connectivity index (χ0) is 21.8. The zero-order valence-electron chi connectivity index (χ0n) is 16.5. The number of methoxy groups -OCH3 is 1. The van der Waals surface area contributed by atoms with Gasteiger partial charge < -0.3 is 15.4 Å². The quantitative estimate of drug-likeness (QED) is 0.434. The maximum Gasteiger partial charge on any atom is 0.313 e. The van der Waals surface area contributed by atoms with Crippen molar-refractivity contribution in [3.05, 3.63) is 64.6 Å². The van der Waals surface area contributed by atoms with Crippen LogP contribution in [0.4, 0.5) is 5.69 Å². The second-order valence-corrected chi connectivity index (χ2v) is 7.83. The third-order valence-electron chi connectivity index (χ3n) is 4.47. The Balaban J connectivity index is 1.33. The van der Waals surface area contributed by atoms with Crippen molar-refractivity contribution in [1.29, 1.82) is 0 Å². The molecule has 2 N–H and O–H groups in total. The van der Waals surface area contributed by atoms with E-state index in [1.807, 2.05) is 17.5 Å². The summed E-state index contributed by atoms with van der Waals surface area (Å²) in [7, 11) is 1.56. The van der Waals surface area contributed by atoms with Gasteiger partial charge in [-0.15, -0.1) is 16.4 Å². The molecule has 31 heavy (non-hydrogen) atoms. The number of aromatic nitrogens is 3. The van der Waals surface area contributed by atoms with Crippen molar-refractivity contribution in [3.63, 3.8) is 0 Å². The molecule has 2 heterocycles. The number of carbonyl (C=O) groups is 2. The number of halogens is 1. The fourth-order valence-corrected chi connectivity index (χ4v) is 3.85. The average Bonchev–Trinajstić information content (AvgIpc) is 3.36. The molecule has 0 saturated heterocycles. The molecule has 0 aliphatic rings. The predicted molar refractivity (Wildman–Crippen MR) is 120 cm³/mol. The number of nitrogens with one attached hydrogen (secondary N) is 2. The Morgan fingerprint density at radius 1 is 1.10 bits per heavy atom. The van der Waals surface area contributed by atoms with E-state index in [4.69, 9.17) is 16.3 Å². The molecule has 0 fully saturated rings. The highest BCUT2D eigenvalue weighted by molar-refractivity contribution is 7.15. The molecule has 10 heteroatoms. The van der Waals surface area contributed by atoms with Gasteiger partial charge in [0.1, 0.15) is 5.75 Å². The SMILES string of the molecule is COc1ccc(NC(=O)C(=O)NCCc2csc3nc(-c4ccc(Cl)cc4)nn23)cc1. The third-order valence-corrected chi connectivity index (χ3v) is 5.59. The van der Waals surface area contributed by atoms with Gasteiger partial charge in [0.15, 0.2) is 5.82 Å². The van der Waals surface area contributed by atoms with Crippen LogP contribution in [0.1, 0.15) is 5.69 Å². The molecule has 0 aliphatic heterocycles. The second-order valence-electron chi connectivity index (χ2n) is 6.55. The van der Waals surface area contributed by atoms with Gasteiger partial charge in [-0.2, -0.15) is 4.98 Å². The number of thiazole rings is 1. The van der Waals surface area contributed by atoms with Crippen LogP contribution in [0.2, 0.25) is 5.02 Å². The molecule has 0 radical (unpaired) electrons. The number of anilines is 1. The van der Waals surface area contributed by atoms with E-state index in [1.54, 1.807) is 48.0 Å². The van der Waals surface area contributed by atoms with E-state index in [-0.39, 0.29) is 6.54 Å². The van der Waals surface area contributed by atoms with Crippen LogP contribution >= 0.6 is 22.9 Å². The largest absolute Gasteiger partial charge is 0.497 e. The van der Waals surface area contributed by atoms with Gasteiger partial charge in [-0.1, -0.05) is 11.6 Å². The van der Waals surface area contributed by atoms with Crippen LogP contribution in [0.3, 0.4) is 0 Å². The summed E-state index contributed by atoms with van der Waals surface area (Å²) in [6.45, 7) is 0.289. The van der Waals surface area contributed by atoms with E-state index in [2.05, 4.69) is 20.7 Å². The highest BCUT2D eigenvalue weighted by atomic mass is 35.5. The molecule has 0 aliphatic carbocycles. The Morgan fingerprint density at radius 2 is 1.84 bits per heavy atom. The first-order valence-corrected chi connectivity index (χ1v) is 10.6. The molecule has 2 amide bonds. The molecule has 158 valence electrons. The maximum atomic E-state index is 12.1. The molecule has 4 aromatic rings. The summed E-state index contributed by atoms with van der Waals surface area (Å²) in [5, 5.41) is 12.3. The predicted octanol–water partition coefficient (Wildman–Crippen LogP) is 3.42. The van der Waals surface area contributed by atoms with E-state index in [0.29, 0.717) is 28.7 Å². The molecule has 8 nitrogen and oxygen atoms in total. The summed E-state index contributed by atoms with van der Waals surface area (Å²) in [4.78, 5) is 29.4. The zero-order valence-corrected chi connectivity index (χ0v) is 18.0. The number of ether oxygens (including phenoxy) is 1. The van der Waals surface area contributed by atoms with Crippen LogP contribution in [0.5, 0.6) is 5.75 Å². The van der Waals surface area contributed by atoms with E-state index in [1.165, 1.54) is 11.3 Å². The van der Waals surface area contributed by atoms with Crippen molar-refractivity contribution in [1.82, 2.24) is 19.9 Å². The van der Waals surface area contributed by atoms with Gasteiger partial charge >= 0.3 is 11.8 Å². The highest BCUT2D eigenvalue weighted by Gasteiger charge is 2.15. The second kappa shape index (κ2) is 9.15. The molecule has 2 aromatic carbocycles. The lowest BCUT2D eigenvalue weighted by Crippen LogP contribution is -2.36. The number of carbonyl (C=O) groups excluding carboxylic acids is 2. The summed E-state index contributed by atoms with van der Waals surface area (Å²) >= 11 is 7.40. The monoisotopic (exact) mass is 455 g/mol. The molecular weight excluding hydrogens is 438 g/mol. The van der Waals surface area contributed by atoms with Gasteiger partial charge in [-0.3, -0.25) is 9.59 Å². The summed E-state index contributed by atoms with van der Waals surface area (Å²) < 4.78 is 6.81. The molecule has 2 aromatic heterocycles. The molecule has 0 atom stereocenters. The van der Waals surface area contributed by atoms with E-state index in [9.17, 15) is 9.59 Å². The topological polar surface area (TPSA) is 97.6 Å². The normalized spacial score (nSPS) is 10.8. The Morgan fingerprint density at radius 3 is 2.55 bits per heavy atom. The van der Waals surface area contributed by atoms with Crippen molar-refractivity contribution in [2.75, 3.05) is 19.0 Å². The van der Waals surface area contributed by atoms with Gasteiger partial charge in [0.2, 0.25) is 4.96 Å². The number of fused-ring (bicyclic) bond motifs is 1. The maximum absolute atomic E-state index is 12.1. The highest BCUT2D eigenvalue weighted by Crippen LogP contribution is 2.22. The molecule has 0 saturated carbocycles.